The van der Waals surface area contributed by atoms with Crippen molar-refractivity contribution < 1.29 is 0 Å². The summed E-state index contributed by atoms with van der Waals surface area (Å²) in [5.74, 6) is 0.560. The molecule has 0 aliphatic heterocycles. The molecule has 10 heteroatoms. The predicted octanol–water partition coefficient (Wildman–Crippen LogP) is 1.81. The molecule has 5 heterocycles. The smallest absolute Gasteiger partial charge is 0.291 e. The van der Waals surface area contributed by atoms with E-state index in [1.165, 1.54) is 4.68 Å². The summed E-state index contributed by atoms with van der Waals surface area (Å²) >= 11 is 1.57. The first-order valence-electron chi connectivity index (χ1n) is 8.71. The Morgan fingerprint density at radius 2 is 2.11 bits per heavy atom. The van der Waals surface area contributed by atoms with Gasteiger partial charge in [-0.05, 0) is 19.1 Å². The Balaban J connectivity index is 1.59. The van der Waals surface area contributed by atoms with E-state index in [0.717, 1.165) is 32.1 Å². The van der Waals surface area contributed by atoms with Crippen molar-refractivity contribution in [2.24, 2.45) is 7.05 Å². The van der Waals surface area contributed by atoms with Crippen LogP contribution >= 0.6 is 11.3 Å². The minimum Gasteiger partial charge on any atom is -0.323 e. The summed E-state index contributed by atoms with van der Waals surface area (Å²) in [5.41, 5.74) is 3.06. The highest BCUT2D eigenvalue weighted by atomic mass is 32.1. The highest BCUT2D eigenvalue weighted by Gasteiger charge is 2.18. The van der Waals surface area contributed by atoms with Crippen LogP contribution < -0.4 is 5.56 Å². The molecular formula is C18H16N8OS. The number of H-pyrrole nitrogens is 1. The van der Waals surface area contributed by atoms with E-state index in [2.05, 4.69) is 25.3 Å². The summed E-state index contributed by atoms with van der Waals surface area (Å²) in [6.07, 6.45) is 5.82. The summed E-state index contributed by atoms with van der Waals surface area (Å²) < 4.78 is 4.21. The maximum atomic E-state index is 13.0. The van der Waals surface area contributed by atoms with Gasteiger partial charge in [0.1, 0.15) is 22.9 Å². The second-order valence-corrected chi connectivity index (χ2v) is 7.65. The molecule has 5 aromatic rings. The molecule has 0 unspecified atom stereocenters. The van der Waals surface area contributed by atoms with Gasteiger partial charge >= 0.3 is 0 Å². The van der Waals surface area contributed by atoms with E-state index in [-0.39, 0.29) is 12.1 Å². The molecule has 0 atom stereocenters. The monoisotopic (exact) mass is 392 g/mol. The molecule has 0 amide bonds. The van der Waals surface area contributed by atoms with Gasteiger partial charge in [0.25, 0.3) is 5.56 Å². The van der Waals surface area contributed by atoms with E-state index in [1.807, 2.05) is 30.7 Å². The zero-order valence-electron chi connectivity index (χ0n) is 15.2. The fourth-order valence-corrected chi connectivity index (χ4v) is 4.41. The number of nitrogens with zero attached hydrogens (tertiary/aromatic N) is 7. The molecule has 0 radical (unpaired) electrons. The molecule has 0 spiro atoms. The van der Waals surface area contributed by atoms with Crippen molar-refractivity contribution in [3.63, 3.8) is 0 Å². The number of hydrogen-bond donors (Lipinski definition) is 1. The molecule has 9 nitrogen and oxygen atoms in total. The van der Waals surface area contributed by atoms with Gasteiger partial charge in [-0.1, -0.05) is 0 Å². The molecule has 0 saturated carbocycles. The third-order valence-corrected chi connectivity index (χ3v) is 5.68. The molecule has 28 heavy (non-hydrogen) atoms. The van der Waals surface area contributed by atoms with E-state index in [9.17, 15) is 4.79 Å². The van der Waals surface area contributed by atoms with Crippen LogP contribution in [0.15, 0.2) is 35.5 Å². The molecule has 5 aromatic heterocycles. The van der Waals surface area contributed by atoms with Gasteiger partial charge in [0.15, 0.2) is 5.65 Å². The molecule has 0 aliphatic carbocycles. The third kappa shape index (κ3) is 2.69. The standard InChI is InChI=1S/C18H16N8OS/c1-10-3-5-19-13(22-10)9-26-18(27)15-12(8-21-26)16-17(25(15)2)23-14(28-16)7-11-4-6-20-24-11/h3-6,8H,7,9H2,1-2H3,(H,20,24). The highest BCUT2D eigenvalue weighted by molar-refractivity contribution is 7.19. The van der Waals surface area contributed by atoms with E-state index in [0.29, 0.717) is 17.8 Å². The Kier molecular flexibility index (Phi) is 3.79. The maximum Gasteiger partial charge on any atom is 0.291 e. The number of thiazole rings is 1. The lowest BCUT2D eigenvalue weighted by Gasteiger charge is -2.05. The maximum absolute atomic E-state index is 13.0. The van der Waals surface area contributed by atoms with E-state index < -0.39 is 0 Å². The second kappa shape index (κ2) is 6.34. The van der Waals surface area contributed by atoms with Crippen molar-refractivity contribution >= 4 is 32.6 Å². The minimum absolute atomic E-state index is 0.176. The lowest BCUT2D eigenvalue weighted by atomic mass is 10.3. The SMILES string of the molecule is Cc1ccnc(Cn2ncc3c4sc(Cc5ccn[nH]5)nc4n(C)c3c2=O)n1. The second-order valence-electron chi connectivity index (χ2n) is 6.56. The normalized spacial score (nSPS) is 11.6. The molecule has 0 bridgehead atoms. The largest absolute Gasteiger partial charge is 0.323 e. The van der Waals surface area contributed by atoms with Gasteiger partial charge in [-0.25, -0.2) is 19.6 Å². The lowest BCUT2D eigenvalue weighted by molar-refractivity contribution is 0.617. The van der Waals surface area contributed by atoms with Gasteiger partial charge in [-0.3, -0.25) is 9.89 Å². The average molecular weight is 392 g/mol. The predicted molar refractivity (Wildman–Crippen MR) is 105 cm³/mol. The summed E-state index contributed by atoms with van der Waals surface area (Å²) in [5, 5.41) is 13.1. The number of rotatable bonds is 4. The van der Waals surface area contributed by atoms with Crippen LogP contribution in [0.25, 0.3) is 21.3 Å². The Morgan fingerprint density at radius 3 is 2.89 bits per heavy atom. The number of hydrogen-bond acceptors (Lipinski definition) is 7. The van der Waals surface area contributed by atoms with Gasteiger partial charge in [0.05, 0.1) is 10.9 Å². The van der Waals surface area contributed by atoms with E-state index >= 15 is 0 Å². The summed E-state index contributed by atoms with van der Waals surface area (Å²) in [7, 11) is 1.86. The van der Waals surface area contributed by atoms with Gasteiger partial charge in [-0.15, -0.1) is 11.3 Å². The van der Waals surface area contributed by atoms with Gasteiger partial charge in [-0.2, -0.15) is 10.2 Å². The van der Waals surface area contributed by atoms with Crippen LogP contribution in [0.2, 0.25) is 0 Å². The van der Waals surface area contributed by atoms with Crippen LogP contribution in [-0.4, -0.2) is 39.5 Å². The highest BCUT2D eigenvalue weighted by Crippen LogP contribution is 2.31. The third-order valence-electron chi connectivity index (χ3n) is 4.61. The van der Waals surface area contributed by atoms with Crippen LogP contribution in [0.3, 0.4) is 0 Å². The zero-order valence-corrected chi connectivity index (χ0v) is 16.1. The van der Waals surface area contributed by atoms with Crippen molar-refractivity contribution in [2.75, 3.05) is 0 Å². The molecule has 0 aromatic carbocycles. The quantitative estimate of drug-likeness (QED) is 0.500. The Morgan fingerprint density at radius 1 is 1.21 bits per heavy atom. The molecule has 0 fully saturated rings. The fraction of sp³-hybridized carbons (Fsp3) is 0.222. The molecular weight excluding hydrogens is 376 g/mol. The lowest BCUT2D eigenvalue weighted by Crippen LogP contribution is -2.25. The van der Waals surface area contributed by atoms with Crippen molar-refractivity contribution in [1.29, 1.82) is 0 Å². The van der Waals surface area contributed by atoms with Crippen LogP contribution in [0.4, 0.5) is 0 Å². The molecule has 140 valence electrons. The molecule has 0 aliphatic rings. The van der Waals surface area contributed by atoms with Crippen molar-refractivity contribution in [3.05, 3.63) is 63.3 Å². The van der Waals surface area contributed by atoms with Crippen LogP contribution in [0.1, 0.15) is 22.2 Å². The first-order valence-corrected chi connectivity index (χ1v) is 9.52. The van der Waals surface area contributed by atoms with Gasteiger partial charge in [0.2, 0.25) is 0 Å². The molecule has 0 saturated heterocycles. The number of aryl methyl sites for hydroxylation is 2. The zero-order chi connectivity index (χ0) is 19.3. The Labute approximate surface area is 162 Å². The number of nitrogens with one attached hydrogen (secondary N) is 1. The molecule has 1 N–H and O–H groups in total. The van der Waals surface area contributed by atoms with Gasteiger partial charge in [0, 0.05) is 42.6 Å². The van der Waals surface area contributed by atoms with Crippen LogP contribution in [0.5, 0.6) is 0 Å². The van der Waals surface area contributed by atoms with Gasteiger partial charge < -0.3 is 4.57 Å². The first-order chi connectivity index (χ1) is 13.6. The van der Waals surface area contributed by atoms with Crippen LogP contribution in [-0.2, 0) is 20.0 Å². The Hall–Kier alpha value is -3.40. The van der Waals surface area contributed by atoms with Crippen LogP contribution in [0, 0.1) is 6.92 Å². The number of fused-ring (bicyclic) bond motifs is 3. The average Bonchev–Trinajstić information content (AvgIpc) is 3.37. The molecule has 5 rings (SSSR count). The van der Waals surface area contributed by atoms with Crippen molar-refractivity contribution in [1.82, 2.24) is 39.5 Å². The van der Waals surface area contributed by atoms with Crippen molar-refractivity contribution in [2.45, 2.75) is 19.9 Å². The topological polar surface area (TPSA) is 107 Å². The van der Waals surface area contributed by atoms with E-state index in [1.54, 1.807) is 29.9 Å². The Bertz CT molecular complexity index is 1360. The first kappa shape index (κ1) is 16.8. The summed E-state index contributed by atoms with van der Waals surface area (Å²) in [4.78, 5) is 26.3. The summed E-state index contributed by atoms with van der Waals surface area (Å²) in [6.45, 7) is 2.12. The van der Waals surface area contributed by atoms with Crippen molar-refractivity contribution in [3.8, 4) is 0 Å². The number of aromatic amines is 1. The number of aromatic nitrogens is 8. The summed E-state index contributed by atoms with van der Waals surface area (Å²) in [6, 6.07) is 3.75. The van der Waals surface area contributed by atoms with E-state index in [4.69, 9.17) is 4.98 Å². The fourth-order valence-electron chi connectivity index (χ4n) is 3.28. The minimum atomic E-state index is -0.176.